The zero-order valence-corrected chi connectivity index (χ0v) is 7.86. The van der Waals surface area contributed by atoms with Gasteiger partial charge in [0, 0.05) is 25.0 Å². The van der Waals surface area contributed by atoms with E-state index in [1.807, 2.05) is 0 Å². The van der Waals surface area contributed by atoms with E-state index in [1.165, 1.54) is 29.6 Å². The van der Waals surface area contributed by atoms with Crippen molar-refractivity contribution >= 4 is 5.69 Å². The molecule has 0 saturated heterocycles. The van der Waals surface area contributed by atoms with E-state index in [0.29, 0.717) is 11.3 Å². The van der Waals surface area contributed by atoms with Crippen molar-refractivity contribution in [2.24, 2.45) is 7.05 Å². The topological polar surface area (TPSA) is 86.7 Å². The Kier molecular flexibility index (Phi) is 2.13. The molecule has 0 spiro atoms. The van der Waals surface area contributed by atoms with Crippen LogP contribution in [0.25, 0.3) is 11.3 Å². The maximum atomic E-state index is 10.7. The average Bonchev–Trinajstić information content (AvgIpc) is 2.61. The van der Waals surface area contributed by atoms with Crippen molar-refractivity contribution in [3.05, 3.63) is 35.0 Å². The first-order valence-electron chi connectivity index (χ1n) is 4.12. The summed E-state index contributed by atoms with van der Waals surface area (Å²) in [6, 6.07) is 0. The van der Waals surface area contributed by atoms with Crippen molar-refractivity contribution in [1.82, 2.24) is 19.7 Å². The van der Waals surface area contributed by atoms with Gasteiger partial charge in [-0.3, -0.25) is 14.8 Å². The van der Waals surface area contributed by atoms with E-state index in [-0.39, 0.29) is 5.69 Å². The van der Waals surface area contributed by atoms with E-state index in [2.05, 4.69) is 15.1 Å². The van der Waals surface area contributed by atoms with Crippen LogP contribution in [0.5, 0.6) is 0 Å². The van der Waals surface area contributed by atoms with E-state index in [0.717, 1.165) is 0 Å². The van der Waals surface area contributed by atoms with E-state index < -0.39 is 4.92 Å². The molecule has 0 bridgehead atoms. The first-order valence-corrected chi connectivity index (χ1v) is 4.12. The molecule has 2 aromatic rings. The van der Waals surface area contributed by atoms with Crippen molar-refractivity contribution in [2.75, 3.05) is 0 Å². The predicted octanol–water partition coefficient (Wildman–Crippen LogP) is 0.785. The largest absolute Gasteiger partial charge is 0.315 e. The summed E-state index contributed by atoms with van der Waals surface area (Å²) in [5.41, 5.74) is 0.928. The lowest BCUT2D eigenvalue weighted by atomic mass is 10.2. The fourth-order valence-corrected chi connectivity index (χ4v) is 1.32. The van der Waals surface area contributed by atoms with Crippen LogP contribution in [0.3, 0.4) is 0 Å². The van der Waals surface area contributed by atoms with Crippen molar-refractivity contribution < 1.29 is 4.92 Å². The van der Waals surface area contributed by atoms with Gasteiger partial charge in [-0.25, -0.2) is 9.97 Å². The summed E-state index contributed by atoms with van der Waals surface area (Å²) >= 11 is 0. The number of nitro groups is 1. The normalized spacial score (nSPS) is 10.2. The van der Waals surface area contributed by atoms with Crippen LogP contribution in [0.15, 0.2) is 24.9 Å². The van der Waals surface area contributed by atoms with Gasteiger partial charge in [0.1, 0.15) is 18.2 Å². The van der Waals surface area contributed by atoms with E-state index in [1.54, 1.807) is 7.05 Å². The minimum Gasteiger partial charge on any atom is -0.261 e. The summed E-state index contributed by atoms with van der Waals surface area (Å²) in [6.07, 6.45) is 5.60. The summed E-state index contributed by atoms with van der Waals surface area (Å²) in [4.78, 5) is 17.9. The third kappa shape index (κ3) is 1.54. The molecule has 76 valence electrons. The maximum Gasteiger partial charge on any atom is 0.315 e. The molecule has 15 heavy (non-hydrogen) atoms. The molecule has 0 saturated carbocycles. The minimum atomic E-state index is -0.477. The Morgan fingerprint density at radius 3 is 2.60 bits per heavy atom. The smallest absolute Gasteiger partial charge is 0.261 e. The van der Waals surface area contributed by atoms with Crippen molar-refractivity contribution in [3.8, 4) is 11.3 Å². The highest BCUT2D eigenvalue weighted by Gasteiger charge is 2.20. The number of hydrogen-bond acceptors (Lipinski definition) is 5. The number of nitrogens with zero attached hydrogens (tertiary/aromatic N) is 5. The van der Waals surface area contributed by atoms with Crippen LogP contribution in [-0.2, 0) is 7.05 Å². The molecule has 2 heterocycles. The first-order chi connectivity index (χ1) is 7.20. The van der Waals surface area contributed by atoms with Gasteiger partial charge >= 0.3 is 5.69 Å². The quantitative estimate of drug-likeness (QED) is 0.534. The lowest BCUT2D eigenvalue weighted by Crippen LogP contribution is -1.97. The van der Waals surface area contributed by atoms with Gasteiger partial charge in [0.25, 0.3) is 0 Å². The van der Waals surface area contributed by atoms with E-state index in [9.17, 15) is 10.1 Å². The molecule has 0 radical (unpaired) electrons. The van der Waals surface area contributed by atoms with Gasteiger partial charge in [-0.05, 0) is 0 Å². The van der Waals surface area contributed by atoms with Gasteiger partial charge in [0.2, 0.25) is 0 Å². The number of aromatic nitrogens is 4. The third-order valence-corrected chi connectivity index (χ3v) is 1.95. The third-order valence-electron chi connectivity index (χ3n) is 1.95. The van der Waals surface area contributed by atoms with Gasteiger partial charge in [-0.1, -0.05) is 0 Å². The second-order valence-electron chi connectivity index (χ2n) is 2.89. The van der Waals surface area contributed by atoms with Crippen LogP contribution in [0, 0.1) is 10.1 Å². The molecule has 2 aromatic heterocycles. The van der Waals surface area contributed by atoms with Crippen LogP contribution in [-0.4, -0.2) is 24.7 Å². The molecule has 7 nitrogen and oxygen atoms in total. The van der Waals surface area contributed by atoms with Crippen LogP contribution < -0.4 is 0 Å². The number of hydrogen-bond donors (Lipinski definition) is 0. The van der Waals surface area contributed by atoms with Gasteiger partial charge in [0.15, 0.2) is 0 Å². The second-order valence-corrected chi connectivity index (χ2v) is 2.89. The summed E-state index contributed by atoms with van der Waals surface area (Å²) in [5.74, 6) is 0. The Labute approximate surface area is 84.6 Å². The summed E-state index contributed by atoms with van der Waals surface area (Å²) in [6.45, 7) is 0. The fourth-order valence-electron chi connectivity index (χ4n) is 1.32. The van der Waals surface area contributed by atoms with Crippen LogP contribution in [0.1, 0.15) is 0 Å². The Morgan fingerprint density at radius 2 is 2.00 bits per heavy atom. The van der Waals surface area contributed by atoms with Gasteiger partial charge in [-0.15, -0.1) is 0 Å². The van der Waals surface area contributed by atoms with Crippen LogP contribution >= 0.6 is 0 Å². The number of rotatable bonds is 2. The van der Waals surface area contributed by atoms with Crippen molar-refractivity contribution in [1.29, 1.82) is 0 Å². The monoisotopic (exact) mass is 205 g/mol. The standard InChI is InChI=1S/C8H7N5O2/c1-12-8(6-2-9-5-10-3-6)7(4-11-12)13(14)15/h2-5H,1H3. The lowest BCUT2D eigenvalue weighted by molar-refractivity contribution is -0.384. The molecule has 0 aliphatic rings. The molecule has 0 amide bonds. The summed E-state index contributed by atoms with van der Waals surface area (Å²) < 4.78 is 1.43. The summed E-state index contributed by atoms with van der Waals surface area (Å²) in [7, 11) is 1.63. The second kappa shape index (κ2) is 3.45. The molecule has 0 fully saturated rings. The molecule has 0 unspecified atom stereocenters. The molecule has 0 aliphatic carbocycles. The molecule has 0 atom stereocenters. The SMILES string of the molecule is Cn1ncc([N+](=O)[O-])c1-c1cncnc1. The maximum absolute atomic E-state index is 10.7. The lowest BCUT2D eigenvalue weighted by Gasteiger charge is -1.99. The minimum absolute atomic E-state index is 0.0488. The fraction of sp³-hybridized carbons (Fsp3) is 0.125. The van der Waals surface area contributed by atoms with Gasteiger partial charge < -0.3 is 0 Å². The van der Waals surface area contributed by atoms with Crippen molar-refractivity contribution in [2.45, 2.75) is 0 Å². The van der Waals surface area contributed by atoms with Crippen LogP contribution in [0.2, 0.25) is 0 Å². The van der Waals surface area contributed by atoms with Gasteiger partial charge in [-0.2, -0.15) is 5.10 Å². The first kappa shape index (κ1) is 9.25. The highest BCUT2D eigenvalue weighted by molar-refractivity contribution is 5.67. The average molecular weight is 205 g/mol. The van der Waals surface area contributed by atoms with E-state index >= 15 is 0 Å². The zero-order chi connectivity index (χ0) is 10.8. The summed E-state index contributed by atoms with van der Waals surface area (Å²) in [5, 5.41) is 14.6. The van der Waals surface area contributed by atoms with E-state index in [4.69, 9.17) is 0 Å². The molecule has 2 rings (SSSR count). The number of aryl methyl sites for hydroxylation is 1. The Balaban J connectivity index is 2.62. The highest BCUT2D eigenvalue weighted by Crippen LogP contribution is 2.27. The Hall–Kier alpha value is -2.31. The van der Waals surface area contributed by atoms with Crippen molar-refractivity contribution in [3.63, 3.8) is 0 Å². The zero-order valence-electron chi connectivity index (χ0n) is 7.86. The highest BCUT2D eigenvalue weighted by atomic mass is 16.6. The Bertz CT molecular complexity index is 493. The predicted molar refractivity (Wildman–Crippen MR) is 50.9 cm³/mol. The Morgan fingerprint density at radius 1 is 1.33 bits per heavy atom. The molecule has 7 heteroatoms. The van der Waals surface area contributed by atoms with Crippen LogP contribution in [0.4, 0.5) is 5.69 Å². The molecular weight excluding hydrogens is 198 g/mol. The molecular formula is C8H7N5O2. The molecule has 0 N–H and O–H groups in total. The molecule has 0 aromatic carbocycles. The molecule has 0 aliphatic heterocycles. The van der Waals surface area contributed by atoms with Gasteiger partial charge in [0.05, 0.1) is 4.92 Å².